The Kier molecular flexibility index (Phi) is 4.38. The molecule has 0 unspecified atom stereocenters. The number of aryl methyl sites for hydroxylation is 1. The number of halogens is 1. The first-order valence-corrected chi connectivity index (χ1v) is 9.84. The van der Waals surface area contributed by atoms with Gasteiger partial charge in [-0.15, -0.1) is 10.2 Å². The highest BCUT2D eigenvalue weighted by molar-refractivity contribution is 5.70. The summed E-state index contributed by atoms with van der Waals surface area (Å²) in [4.78, 5) is 4.08. The maximum Gasteiger partial charge on any atom is 0.245 e. The number of nitrogens with one attached hydrogen (secondary N) is 1. The predicted molar refractivity (Wildman–Crippen MR) is 113 cm³/mol. The number of aromatic nitrogens is 7. The number of fused-ring (bicyclic) bond motifs is 7. The SMILES string of the molecule is C[C@H]1Oc2cc(nnc2N)-c2c(nn(C)c2C#N)Cn2c(N)nc(=N)n2-c2ccc(F)cc21. The van der Waals surface area contributed by atoms with Gasteiger partial charge in [0.25, 0.3) is 0 Å². The molecule has 4 aromatic rings. The lowest BCUT2D eigenvalue weighted by atomic mass is 10.1. The fourth-order valence-electron chi connectivity index (χ4n) is 3.95. The minimum atomic E-state index is -0.699. The van der Waals surface area contributed by atoms with Gasteiger partial charge < -0.3 is 16.2 Å². The summed E-state index contributed by atoms with van der Waals surface area (Å²) < 4.78 is 24.7. The molecule has 5 N–H and O–H groups in total. The molecule has 1 aliphatic heterocycles. The molecule has 1 aromatic carbocycles. The Morgan fingerprint density at radius 2 is 2.06 bits per heavy atom. The van der Waals surface area contributed by atoms with Crippen LogP contribution in [0.25, 0.3) is 16.9 Å². The molecule has 0 saturated heterocycles. The zero-order valence-corrected chi connectivity index (χ0v) is 17.6. The van der Waals surface area contributed by atoms with Crippen LogP contribution in [0.4, 0.5) is 16.2 Å². The second-order valence-corrected chi connectivity index (χ2v) is 7.51. The zero-order valence-electron chi connectivity index (χ0n) is 17.6. The van der Waals surface area contributed by atoms with Crippen LogP contribution in [0.5, 0.6) is 5.75 Å². The highest BCUT2D eigenvalue weighted by Gasteiger charge is 2.26. The van der Waals surface area contributed by atoms with Crippen molar-refractivity contribution in [3.63, 3.8) is 0 Å². The third kappa shape index (κ3) is 3.07. The Morgan fingerprint density at radius 3 is 2.82 bits per heavy atom. The Bertz CT molecular complexity index is 1520. The topological polar surface area (TPSA) is 175 Å². The first-order chi connectivity index (χ1) is 15.8. The first kappa shape index (κ1) is 20.2. The molecular formula is C20H18FN11O. The van der Waals surface area contributed by atoms with E-state index in [-0.39, 0.29) is 35.4 Å². The quantitative estimate of drug-likeness (QED) is 0.358. The molecule has 0 fully saturated rings. The number of anilines is 2. The molecule has 12 nitrogen and oxygen atoms in total. The maximum absolute atomic E-state index is 14.2. The van der Waals surface area contributed by atoms with Crippen LogP contribution in [0.15, 0.2) is 24.3 Å². The highest BCUT2D eigenvalue weighted by atomic mass is 19.1. The largest absolute Gasteiger partial charge is 0.482 e. The van der Waals surface area contributed by atoms with Crippen LogP contribution in [0.2, 0.25) is 0 Å². The number of nitrogens with two attached hydrogens (primary N) is 2. The molecule has 1 aliphatic rings. The molecule has 0 radical (unpaired) electrons. The van der Waals surface area contributed by atoms with Crippen LogP contribution >= 0.6 is 0 Å². The van der Waals surface area contributed by atoms with Gasteiger partial charge in [0.2, 0.25) is 11.6 Å². The summed E-state index contributed by atoms with van der Waals surface area (Å²) in [5.74, 6) is -0.187. The van der Waals surface area contributed by atoms with Crippen molar-refractivity contribution in [2.75, 3.05) is 11.5 Å². The van der Waals surface area contributed by atoms with Gasteiger partial charge in [0.1, 0.15) is 29.4 Å². The average molecular weight is 447 g/mol. The highest BCUT2D eigenvalue weighted by Crippen LogP contribution is 2.34. The van der Waals surface area contributed by atoms with E-state index in [9.17, 15) is 9.65 Å². The normalized spacial score (nSPS) is 14.7. The van der Waals surface area contributed by atoms with Crippen molar-refractivity contribution in [3.8, 4) is 28.8 Å². The van der Waals surface area contributed by atoms with E-state index in [4.69, 9.17) is 21.6 Å². The number of hydrogen-bond acceptors (Lipinski definition) is 9. The van der Waals surface area contributed by atoms with Gasteiger partial charge in [0.15, 0.2) is 11.6 Å². The molecule has 4 heterocycles. The Hall–Kier alpha value is -4.73. The summed E-state index contributed by atoms with van der Waals surface area (Å²) in [5, 5.41) is 30.8. The van der Waals surface area contributed by atoms with Gasteiger partial charge in [-0.2, -0.15) is 15.3 Å². The summed E-state index contributed by atoms with van der Waals surface area (Å²) in [6, 6.07) is 7.82. The van der Waals surface area contributed by atoms with Crippen molar-refractivity contribution in [1.82, 2.24) is 34.3 Å². The third-order valence-electron chi connectivity index (χ3n) is 5.45. The number of rotatable bonds is 0. The summed E-state index contributed by atoms with van der Waals surface area (Å²) in [6.45, 7) is 1.77. The lowest BCUT2D eigenvalue weighted by Gasteiger charge is -2.22. The summed E-state index contributed by atoms with van der Waals surface area (Å²) >= 11 is 0. The number of ether oxygens (including phenoxy) is 1. The number of benzene rings is 1. The molecule has 0 amide bonds. The van der Waals surface area contributed by atoms with Gasteiger partial charge in [0, 0.05) is 18.7 Å². The molecule has 0 aliphatic carbocycles. The number of nitriles is 1. The average Bonchev–Trinajstić information content (AvgIpc) is 3.23. The lowest BCUT2D eigenvalue weighted by molar-refractivity contribution is 0.226. The van der Waals surface area contributed by atoms with E-state index in [0.717, 1.165) is 0 Å². The van der Waals surface area contributed by atoms with E-state index in [1.165, 1.54) is 32.2 Å². The van der Waals surface area contributed by atoms with Crippen molar-refractivity contribution in [3.05, 3.63) is 52.7 Å². The Morgan fingerprint density at radius 1 is 1.27 bits per heavy atom. The summed E-state index contributed by atoms with van der Waals surface area (Å²) in [6.07, 6.45) is -0.699. The molecule has 13 heteroatoms. The molecule has 2 bridgehead atoms. The van der Waals surface area contributed by atoms with Crippen molar-refractivity contribution in [2.24, 2.45) is 7.05 Å². The van der Waals surface area contributed by atoms with Crippen LogP contribution < -0.4 is 21.8 Å². The van der Waals surface area contributed by atoms with Gasteiger partial charge >= 0.3 is 0 Å². The van der Waals surface area contributed by atoms with Gasteiger partial charge in [-0.1, -0.05) is 0 Å². The molecular weight excluding hydrogens is 429 g/mol. The fraction of sp³-hybridized carbons (Fsp3) is 0.200. The third-order valence-corrected chi connectivity index (χ3v) is 5.45. The van der Waals surface area contributed by atoms with Crippen molar-refractivity contribution < 1.29 is 9.13 Å². The first-order valence-electron chi connectivity index (χ1n) is 9.84. The van der Waals surface area contributed by atoms with Crippen molar-refractivity contribution in [1.29, 1.82) is 10.7 Å². The van der Waals surface area contributed by atoms with Crippen LogP contribution in [-0.4, -0.2) is 34.3 Å². The molecule has 5 rings (SSSR count). The Balaban J connectivity index is 1.89. The molecule has 3 aromatic heterocycles. The van der Waals surface area contributed by atoms with E-state index in [1.807, 2.05) is 0 Å². The molecule has 0 saturated carbocycles. The number of nitrogens with zero attached hydrogens (tertiary/aromatic N) is 8. The zero-order chi connectivity index (χ0) is 23.4. The monoisotopic (exact) mass is 447 g/mol. The van der Waals surface area contributed by atoms with Crippen molar-refractivity contribution in [2.45, 2.75) is 19.6 Å². The van der Waals surface area contributed by atoms with Gasteiger partial charge in [-0.25, -0.2) is 13.8 Å². The van der Waals surface area contributed by atoms with Gasteiger partial charge in [-0.05, 0) is 25.1 Å². The van der Waals surface area contributed by atoms with Crippen LogP contribution in [0.1, 0.15) is 30.0 Å². The minimum Gasteiger partial charge on any atom is -0.482 e. The molecule has 1 atom stereocenters. The molecule has 0 spiro atoms. The standard InChI is InChI=1S/C20H18FN11O/c1-9-11-5-10(21)3-4-14(11)32-20(25)26-19(24)31(32)8-13-17(15(7-22)30(2)29-13)12-6-16(33-9)18(23)28-27-12/h3-6,9H,8H2,1-2H3,(H2,23,28)(H3,24,25,26)/t9-/m1/s1. The number of nitrogen functional groups attached to an aromatic ring is 2. The predicted octanol–water partition coefficient (Wildman–Crippen LogP) is 1.02. The second-order valence-electron chi connectivity index (χ2n) is 7.51. The van der Waals surface area contributed by atoms with Crippen LogP contribution in [0, 0.1) is 22.6 Å². The van der Waals surface area contributed by atoms with E-state index in [1.54, 1.807) is 20.0 Å². The minimum absolute atomic E-state index is 0.0349. The van der Waals surface area contributed by atoms with Crippen LogP contribution in [0.3, 0.4) is 0 Å². The van der Waals surface area contributed by atoms with E-state index in [0.29, 0.717) is 28.2 Å². The molecule has 166 valence electrons. The van der Waals surface area contributed by atoms with Crippen LogP contribution in [-0.2, 0) is 13.6 Å². The van der Waals surface area contributed by atoms with E-state index < -0.39 is 11.9 Å². The fourth-order valence-corrected chi connectivity index (χ4v) is 3.95. The van der Waals surface area contributed by atoms with Gasteiger partial charge in [-0.3, -0.25) is 10.1 Å². The van der Waals surface area contributed by atoms with E-state index in [2.05, 4.69) is 26.3 Å². The maximum atomic E-state index is 14.2. The molecule has 33 heavy (non-hydrogen) atoms. The lowest BCUT2D eigenvalue weighted by Crippen LogP contribution is -2.26. The summed E-state index contributed by atoms with van der Waals surface area (Å²) in [7, 11) is 1.63. The van der Waals surface area contributed by atoms with E-state index >= 15 is 0 Å². The summed E-state index contributed by atoms with van der Waals surface area (Å²) in [5.41, 5.74) is 14.3. The van der Waals surface area contributed by atoms with Gasteiger partial charge in [0.05, 0.1) is 23.5 Å². The second kappa shape index (κ2) is 7.16. The Labute approximate surface area is 186 Å². The smallest absolute Gasteiger partial charge is 0.245 e. The number of hydrogen-bond donors (Lipinski definition) is 3. The van der Waals surface area contributed by atoms with Crippen molar-refractivity contribution >= 4 is 11.8 Å².